The number of nitrogens with two attached hydrogens (primary N) is 1. The summed E-state index contributed by atoms with van der Waals surface area (Å²) in [4.78, 5) is 0. The molecule has 3 N–H and O–H groups in total. The van der Waals surface area contributed by atoms with E-state index in [-0.39, 0.29) is 17.9 Å². The minimum Gasteiger partial charge on any atom is -0.493 e. The van der Waals surface area contributed by atoms with E-state index >= 15 is 0 Å². The lowest BCUT2D eigenvalue weighted by atomic mass is 10.0. The molecule has 114 valence electrons. The van der Waals surface area contributed by atoms with Gasteiger partial charge in [0.25, 0.3) is 0 Å². The zero-order valence-corrected chi connectivity index (χ0v) is 14.3. The molecule has 0 aliphatic carbocycles. The lowest BCUT2D eigenvalue weighted by molar-refractivity contribution is 0.394. The Morgan fingerprint density at radius 1 is 1.43 bits per heavy atom. The SMILES string of the molecule is COc1cnn(C(C)C)c1C(NN)c1ccc(F)cc1I. The highest BCUT2D eigenvalue weighted by molar-refractivity contribution is 14.1. The maximum atomic E-state index is 13.3. The van der Waals surface area contributed by atoms with E-state index in [1.165, 1.54) is 12.1 Å². The van der Waals surface area contributed by atoms with Crippen molar-refractivity contribution in [3.63, 3.8) is 0 Å². The van der Waals surface area contributed by atoms with Gasteiger partial charge in [-0.15, -0.1) is 0 Å². The van der Waals surface area contributed by atoms with Gasteiger partial charge in [0.2, 0.25) is 0 Å². The van der Waals surface area contributed by atoms with Gasteiger partial charge >= 0.3 is 0 Å². The van der Waals surface area contributed by atoms with E-state index < -0.39 is 0 Å². The van der Waals surface area contributed by atoms with E-state index in [2.05, 4.69) is 33.1 Å². The van der Waals surface area contributed by atoms with E-state index in [1.807, 2.05) is 18.5 Å². The van der Waals surface area contributed by atoms with Crippen LogP contribution in [0.2, 0.25) is 0 Å². The zero-order valence-electron chi connectivity index (χ0n) is 12.1. The molecule has 0 saturated heterocycles. The highest BCUT2D eigenvalue weighted by atomic mass is 127. The molecule has 1 aromatic carbocycles. The van der Waals surface area contributed by atoms with Gasteiger partial charge in [-0.25, -0.2) is 9.82 Å². The molecular formula is C14H18FIN4O. The second-order valence-electron chi connectivity index (χ2n) is 4.90. The first-order valence-corrected chi connectivity index (χ1v) is 7.60. The summed E-state index contributed by atoms with van der Waals surface area (Å²) < 4.78 is 21.3. The second-order valence-corrected chi connectivity index (χ2v) is 6.06. The van der Waals surface area contributed by atoms with Crippen molar-refractivity contribution >= 4 is 22.6 Å². The first-order chi connectivity index (χ1) is 9.99. The molecule has 1 atom stereocenters. The molecule has 0 aliphatic rings. The van der Waals surface area contributed by atoms with Crippen molar-refractivity contribution < 1.29 is 9.13 Å². The van der Waals surface area contributed by atoms with Crippen molar-refractivity contribution in [2.45, 2.75) is 25.9 Å². The summed E-state index contributed by atoms with van der Waals surface area (Å²) in [6.07, 6.45) is 1.66. The number of hydrogen-bond donors (Lipinski definition) is 2. The van der Waals surface area contributed by atoms with E-state index in [0.29, 0.717) is 5.75 Å². The number of halogens is 2. The fraction of sp³-hybridized carbons (Fsp3) is 0.357. The molecule has 0 aliphatic heterocycles. The first kappa shape index (κ1) is 16.2. The highest BCUT2D eigenvalue weighted by Crippen LogP contribution is 2.33. The molecule has 0 fully saturated rings. The predicted octanol–water partition coefficient (Wildman–Crippen LogP) is 2.77. The lowest BCUT2D eigenvalue weighted by Crippen LogP contribution is -2.32. The summed E-state index contributed by atoms with van der Waals surface area (Å²) in [5, 5.41) is 4.35. The molecule has 0 radical (unpaired) electrons. The van der Waals surface area contributed by atoms with Crippen LogP contribution < -0.4 is 16.0 Å². The Labute approximate surface area is 136 Å². The third kappa shape index (κ3) is 3.19. The topological polar surface area (TPSA) is 65.1 Å². The maximum Gasteiger partial charge on any atom is 0.161 e. The Kier molecular flexibility index (Phi) is 5.17. The second kappa shape index (κ2) is 6.71. The van der Waals surface area contributed by atoms with Gasteiger partial charge in [-0.2, -0.15) is 5.10 Å². The van der Waals surface area contributed by atoms with Gasteiger partial charge in [-0.3, -0.25) is 10.5 Å². The number of rotatable bonds is 5. The molecule has 2 rings (SSSR count). The molecule has 2 aromatic rings. The van der Waals surface area contributed by atoms with Gasteiger partial charge in [-0.05, 0) is 54.1 Å². The quantitative estimate of drug-likeness (QED) is 0.457. The average molecular weight is 404 g/mol. The van der Waals surface area contributed by atoms with Crippen LogP contribution in [0.3, 0.4) is 0 Å². The number of nitrogens with one attached hydrogen (secondary N) is 1. The van der Waals surface area contributed by atoms with Crippen LogP contribution in [0.15, 0.2) is 24.4 Å². The van der Waals surface area contributed by atoms with Crippen molar-refractivity contribution in [1.82, 2.24) is 15.2 Å². The summed E-state index contributed by atoms with van der Waals surface area (Å²) in [6, 6.07) is 4.43. The molecule has 7 heteroatoms. The van der Waals surface area contributed by atoms with Crippen LogP contribution in [0.4, 0.5) is 4.39 Å². The number of hydrazine groups is 1. The minimum absolute atomic E-state index is 0.151. The summed E-state index contributed by atoms with van der Waals surface area (Å²) >= 11 is 2.10. The van der Waals surface area contributed by atoms with Crippen LogP contribution in [-0.4, -0.2) is 16.9 Å². The monoisotopic (exact) mass is 404 g/mol. The maximum absolute atomic E-state index is 13.3. The lowest BCUT2D eigenvalue weighted by Gasteiger charge is -2.22. The summed E-state index contributed by atoms with van der Waals surface area (Å²) in [6.45, 7) is 4.05. The number of methoxy groups -OCH3 is 1. The highest BCUT2D eigenvalue weighted by Gasteiger charge is 2.25. The summed E-state index contributed by atoms with van der Waals surface area (Å²) in [5.74, 6) is 6.12. The van der Waals surface area contributed by atoms with E-state index in [9.17, 15) is 4.39 Å². The number of hydrogen-bond acceptors (Lipinski definition) is 4. The molecule has 1 heterocycles. The molecule has 0 amide bonds. The summed E-state index contributed by atoms with van der Waals surface area (Å²) in [5.41, 5.74) is 4.48. The van der Waals surface area contributed by atoms with E-state index in [1.54, 1.807) is 19.4 Å². The van der Waals surface area contributed by atoms with Crippen LogP contribution in [0.25, 0.3) is 0 Å². The Hall–Kier alpha value is -1.19. The fourth-order valence-electron chi connectivity index (χ4n) is 2.25. The van der Waals surface area contributed by atoms with E-state index in [0.717, 1.165) is 14.8 Å². The van der Waals surface area contributed by atoms with Crippen LogP contribution in [0.5, 0.6) is 5.75 Å². The van der Waals surface area contributed by atoms with Crippen LogP contribution in [0.1, 0.15) is 37.2 Å². The fourth-order valence-corrected chi connectivity index (χ4v) is 3.04. The largest absolute Gasteiger partial charge is 0.493 e. The number of benzene rings is 1. The predicted molar refractivity (Wildman–Crippen MR) is 87.4 cm³/mol. The van der Waals surface area contributed by atoms with Gasteiger partial charge in [0.1, 0.15) is 11.5 Å². The molecule has 0 saturated carbocycles. The van der Waals surface area contributed by atoms with Crippen molar-refractivity contribution in [3.8, 4) is 5.75 Å². The van der Waals surface area contributed by atoms with Gasteiger partial charge in [0.15, 0.2) is 5.75 Å². The van der Waals surface area contributed by atoms with Crippen molar-refractivity contribution in [2.75, 3.05) is 7.11 Å². The Morgan fingerprint density at radius 3 is 2.67 bits per heavy atom. The standard InChI is InChI=1S/C14H18FIN4O/c1-8(2)20-14(12(21-3)7-18-20)13(19-17)10-5-4-9(15)6-11(10)16/h4-8,13,19H,17H2,1-3H3. The van der Waals surface area contributed by atoms with Gasteiger partial charge in [0, 0.05) is 9.61 Å². The number of nitrogens with zero attached hydrogens (tertiary/aromatic N) is 2. The molecule has 1 unspecified atom stereocenters. The Bertz CT molecular complexity index is 629. The molecule has 1 aromatic heterocycles. The third-order valence-corrected chi connectivity index (χ3v) is 4.16. The number of ether oxygens (including phenoxy) is 1. The zero-order chi connectivity index (χ0) is 15.6. The van der Waals surface area contributed by atoms with Gasteiger partial charge in [-0.1, -0.05) is 6.07 Å². The molecular weight excluding hydrogens is 386 g/mol. The third-order valence-electron chi connectivity index (χ3n) is 3.22. The van der Waals surface area contributed by atoms with Crippen LogP contribution in [-0.2, 0) is 0 Å². The van der Waals surface area contributed by atoms with Crippen molar-refractivity contribution in [3.05, 3.63) is 45.0 Å². The van der Waals surface area contributed by atoms with Crippen LogP contribution >= 0.6 is 22.6 Å². The summed E-state index contributed by atoms with van der Waals surface area (Å²) in [7, 11) is 1.59. The van der Waals surface area contributed by atoms with Crippen LogP contribution in [0, 0.1) is 9.39 Å². The smallest absolute Gasteiger partial charge is 0.161 e. The Balaban J connectivity index is 2.58. The Morgan fingerprint density at radius 2 is 2.14 bits per heavy atom. The van der Waals surface area contributed by atoms with Crippen molar-refractivity contribution in [2.24, 2.45) is 5.84 Å². The first-order valence-electron chi connectivity index (χ1n) is 6.52. The minimum atomic E-state index is -0.336. The molecule has 0 bridgehead atoms. The van der Waals surface area contributed by atoms with Gasteiger partial charge < -0.3 is 4.74 Å². The molecule has 21 heavy (non-hydrogen) atoms. The van der Waals surface area contributed by atoms with Gasteiger partial charge in [0.05, 0.1) is 19.3 Å². The molecule has 0 spiro atoms. The average Bonchev–Trinajstić information content (AvgIpc) is 2.86. The molecule has 5 nitrogen and oxygen atoms in total. The van der Waals surface area contributed by atoms with Crippen molar-refractivity contribution in [1.29, 1.82) is 0 Å². The number of aromatic nitrogens is 2. The normalized spacial score (nSPS) is 12.7. The van der Waals surface area contributed by atoms with E-state index in [4.69, 9.17) is 10.6 Å².